The summed E-state index contributed by atoms with van der Waals surface area (Å²) < 4.78 is 7.72. The van der Waals surface area contributed by atoms with E-state index in [0.29, 0.717) is 0 Å². The second-order valence-corrected chi connectivity index (χ2v) is 0. The quantitative estimate of drug-likeness (QED) is 0.297. The number of halogens is 1. The molecule has 0 unspecified atom stereocenters. The van der Waals surface area contributed by atoms with E-state index in [1.165, 1.54) is 0 Å². The third-order valence-corrected chi connectivity index (χ3v) is 0. The van der Waals surface area contributed by atoms with Crippen LogP contribution in [-0.4, -0.2) is 6.79 Å². The predicted molar refractivity (Wildman–Crippen MR) is 13.0 cm³/mol. The smallest absolute Gasteiger partial charge is 0.769 e. The van der Waals surface area contributed by atoms with Crippen molar-refractivity contribution in [2.75, 3.05) is 0 Å². The fourth-order valence-corrected chi connectivity index (χ4v) is 0. The second kappa shape index (κ2) is 89.3. The molecule has 0 aromatic carbocycles. The van der Waals surface area contributed by atoms with Gasteiger partial charge in [-0.15, -0.1) is 0 Å². The normalized spacial score (nSPS) is 2.00. The van der Waals surface area contributed by atoms with Gasteiger partial charge in [-0.25, -0.2) is 11.9 Å². The van der Waals surface area contributed by atoms with Crippen molar-refractivity contribution < 1.29 is 39.0 Å². The van der Waals surface area contributed by atoms with Crippen molar-refractivity contribution in [2.24, 2.45) is 0 Å². The molecule has 0 bridgehead atoms. The van der Waals surface area contributed by atoms with E-state index in [1.54, 1.807) is 0 Å². The Labute approximate surface area is 57.6 Å². The van der Waals surface area contributed by atoms with Gasteiger partial charge in [0.15, 0.2) is 0 Å². The SMILES string of the molecule is C=O.[Na+].[O-]Cl. The molecule has 0 heterocycles. The first kappa shape index (κ1) is 16.8. The number of hydrogen-bond donors (Lipinski definition) is 0. The average Bonchev–Trinajstić information content (AvgIpc) is 1.50. The first-order valence-electron chi connectivity index (χ1n) is 0.443. The Morgan fingerprint density at radius 1 is 1.40 bits per heavy atom. The van der Waals surface area contributed by atoms with Crippen molar-refractivity contribution in [3.8, 4) is 0 Å². The minimum Gasteiger partial charge on any atom is -0.769 e. The fourth-order valence-electron chi connectivity index (χ4n) is 0. The molecule has 0 aromatic heterocycles. The van der Waals surface area contributed by atoms with Crippen LogP contribution < -0.4 is 34.2 Å². The molecule has 0 aliphatic heterocycles. The van der Waals surface area contributed by atoms with Crippen molar-refractivity contribution in [3.63, 3.8) is 0 Å². The monoisotopic (exact) mass is 104 g/mol. The van der Waals surface area contributed by atoms with Gasteiger partial charge in [0, 0.05) is 0 Å². The van der Waals surface area contributed by atoms with Gasteiger partial charge in [0.1, 0.15) is 6.79 Å². The molecule has 0 aliphatic carbocycles. The van der Waals surface area contributed by atoms with Gasteiger partial charge in [-0.05, 0) is 0 Å². The molecule has 26 valence electrons. The Morgan fingerprint density at radius 2 is 1.40 bits per heavy atom. The summed E-state index contributed by atoms with van der Waals surface area (Å²) in [6, 6.07) is 0. The predicted octanol–water partition coefficient (Wildman–Crippen LogP) is -3.68. The maximum absolute atomic E-state index is 8.00. The molecule has 0 aliphatic rings. The average molecular weight is 104 g/mol. The summed E-state index contributed by atoms with van der Waals surface area (Å²) in [6.07, 6.45) is 0. The first-order valence-corrected chi connectivity index (χ1v) is 0.752. The summed E-state index contributed by atoms with van der Waals surface area (Å²) in [4.78, 5) is 8.00. The van der Waals surface area contributed by atoms with Crippen LogP contribution in [0.2, 0.25) is 0 Å². The molecule has 5 heavy (non-hydrogen) atoms. The summed E-state index contributed by atoms with van der Waals surface area (Å²) in [5.74, 6) is 0. The van der Waals surface area contributed by atoms with Crippen LogP contribution in [0.4, 0.5) is 0 Å². The van der Waals surface area contributed by atoms with Gasteiger partial charge in [0.2, 0.25) is 0 Å². The number of carbonyl (C=O) groups is 1. The fraction of sp³-hybridized carbons (Fsp3) is 0. The number of rotatable bonds is 0. The maximum Gasteiger partial charge on any atom is 1.00 e. The Balaban J connectivity index is -0.0000000133. The zero-order chi connectivity index (χ0) is 4.00. The van der Waals surface area contributed by atoms with Crippen molar-refractivity contribution in [1.82, 2.24) is 0 Å². The largest absolute Gasteiger partial charge is 1.00 e. The minimum atomic E-state index is 0. The Bertz CT molecular complexity index is 9.61. The van der Waals surface area contributed by atoms with Gasteiger partial charge in [0.05, 0.1) is 0 Å². The summed E-state index contributed by atoms with van der Waals surface area (Å²) in [5.41, 5.74) is 0. The second-order valence-electron chi connectivity index (χ2n) is 0. The van der Waals surface area contributed by atoms with Crippen LogP contribution in [0, 0.1) is 0 Å². The van der Waals surface area contributed by atoms with E-state index in [9.17, 15) is 0 Å². The van der Waals surface area contributed by atoms with Crippen molar-refractivity contribution in [3.05, 3.63) is 0 Å². The van der Waals surface area contributed by atoms with E-state index in [2.05, 4.69) is 11.9 Å². The topological polar surface area (TPSA) is 40.1 Å². The molecule has 0 rings (SSSR count). The summed E-state index contributed by atoms with van der Waals surface area (Å²) in [5, 5.41) is 0. The molecule has 0 radical (unpaired) electrons. The van der Waals surface area contributed by atoms with E-state index in [0.717, 1.165) is 0 Å². The molecular weight excluding hydrogens is 102 g/mol. The molecule has 0 aromatic rings. The van der Waals surface area contributed by atoms with Gasteiger partial charge < -0.3 is 9.45 Å². The molecule has 4 heteroatoms. The molecule has 0 N–H and O–H groups in total. The standard InChI is InChI=1S/CH2O.ClO.Na/c2*1-2;/h1H2;;/q;-1;+1. The zero-order valence-corrected chi connectivity index (χ0v) is 5.66. The van der Waals surface area contributed by atoms with E-state index < -0.39 is 0 Å². The Morgan fingerprint density at radius 3 is 1.40 bits per heavy atom. The van der Waals surface area contributed by atoms with Crippen LogP contribution in [0.15, 0.2) is 0 Å². The van der Waals surface area contributed by atoms with Gasteiger partial charge in [-0.3, -0.25) is 0 Å². The van der Waals surface area contributed by atoms with E-state index in [-0.39, 0.29) is 29.6 Å². The Hall–Kier alpha value is 0.920. The number of hydrogen-bond acceptors (Lipinski definition) is 2. The molecule has 0 amide bonds. The van der Waals surface area contributed by atoms with E-state index in [1.807, 2.05) is 6.79 Å². The van der Waals surface area contributed by atoms with E-state index in [4.69, 9.17) is 9.45 Å². The molecule has 0 fully saturated rings. The molecule has 0 saturated carbocycles. The number of carbonyl (C=O) groups excluding carboxylic acids is 1. The first-order chi connectivity index (χ1) is 2.00. The van der Waals surface area contributed by atoms with Crippen molar-refractivity contribution >= 4 is 18.7 Å². The van der Waals surface area contributed by atoms with Crippen LogP contribution in [0.5, 0.6) is 0 Å². The maximum atomic E-state index is 8.00. The third kappa shape index (κ3) is 49.6. The molecule has 0 atom stereocenters. The summed E-state index contributed by atoms with van der Waals surface area (Å²) >= 11 is 3.39. The van der Waals surface area contributed by atoms with Gasteiger partial charge >= 0.3 is 29.6 Å². The van der Waals surface area contributed by atoms with Gasteiger partial charge in [-0.2, -0.15) is 0 Å². The van der Waals surface area contributed by atoms with Gasteiger partial charge in [0.25, 0.3) is 0 Å². The zero-order valence-electron chi connectivity index (χ0n) is 2.90. The van der Waals surface area contributed by atoms with Crippen LogP contribution in [0.1, 0.15) is 0 Å². The van der Waals surface area contributed by atoms with Crippen LogP contribution in [0.25, 0.3) is 0 Å². The van der Waals surface area contributed by atoms with Crippen LogP contribution >= 0.6 is 11.9 Å². The minimum absolute atomic E-state index is 0. The molecule has 2 nitrogen and oxygen atoms in total. The van der Waals surface area contributed by atoms with Gasteiger partial charge in [-0.1, -0.05) is 0 Å². The van der Waals surface area contributed by atoms with Crippen LogP contribution in [0.3, 0.4) is 0 Å². The van der Waals surface area contributed by atoms with Crippen molar-refractivity contribution in [1.29, 1.82) is 0 Å². The molecular formula is CH2ClNaO2. The summed E-state index contributed by atoms with van der Waals surface area (Å²) in [7, 11) is 0. The van der Waals surface area contributed by atoms with E-state index >= 15 is 0 Å². The van der Waals surface area contributed by atoms with Crippen LogP contribution in [-0.2, 0) is 4.79 Å². The molecule has 0 saturated heterocycles. The van der Waals surface area contributed by atoms with Crippen molar-refractivity contribution in [2.45, 2.75) is 0 Å². The summed E-state index contributed by atoms with van der Waals surface area (Å²) in [6.45, 7) is 2.00. The molecule has 0 spiro atoms. The third-order valence-electron chi connectivity index (χ3n) is 0. The Kier molecular flexibility index (Phi) is 300.